The molecule has 3 aromatic rings. The van der Waals surface area contributed by atoms with Crippen LogP contribution in [-0.2, 0) is 13.1 Å². The number of H-pyrrole nitrogens is 2. The Morgan fingerprint density at radius 1 is 1.25 bits per heavy atom. The normalized spacial score (nSPS) is 10.8. The van der Waals surface area contributed by atoms with Crippen molar-refractivity contribution in [2.24, 2.45) is 0 Å². The van der Waals surface area contributed by atoms with Gasteiger partial charge in [0, 0.05) is 24.3 Å². The second-order valence-electron chi connectivity index (χ2n) is 4.54. The Labute approximate surface area is 115 Å². The van der Waals surface area contributed by atoms with Gasteiger partial charge in [0.2, 0.25) is 11.9 Å². The van der Waals surface area contributed by atoms with Gasteiger partial charge in [0.15, 0.2) is 0 Å². The second kappa shape index (κ2) is 5.08. The Balaban J connectivity index is 1.61. The molecule has 0 aromatic carbocycles. The summed E-state index contributed by atoms with van der Waals surface area (Å²) in [5, 5.41) is 3.18. The number of hydrogen-bond acceptors (Lipinski definition) is 5. The fourth-order valence-corrected chi connectivity index (χ4v) is 1.89. The largest absolute Gasteiger partial charge is 0.369 e. The number of anilines is 2. The number of nitrogens with one attached hydrogen (secondary N) is 3. The highest BCUT2D eigenvalue weighted by Gasteiger charge is 2.04. The Kier molecular flexibility index (Phi) is 3.12. The van der Waals surface area contributed by atoms with E-state index < -0.39 is 0 Å². The van der Waals surface area contributed by atoms with Crippen LogP contribution in [0.25, 0.3) is 0 Å². The van der Waals surface area contributed by atoms with E-state index in [4.69, 9.17) is 5.73 Å². The summed E-state index contributed by atoms with van der Waals surface area (Å²) in [5.74, 6) is 2.06. The van der Waals surface area contributed by atoms with E-state index in [2.05, 4.69) is 30.2 Å². The average molecular weight is 272 g/mol. The quantitative estimate of drug-likeness (QED) is 0.550. The lowest BCUT2D eigenvalue weighted by Gasteiger charge is -2.02. The van der Waals surface area contributed by atoms with Crippen molar-refractivity contribution in [3.63, 3.8) is 0 Å². The van der Waals surface area contributed by atoms with Gasteiger partial charge in [-0.05, 0) is 6.92 Å². The van der Waals surface area contributed by atoms with Crippen LogP contribution in [0.3, 0.4) is 0 Å². The molecule has 5 N–H and O–H groups in total. The second-order valence-corrected chi connectivity index (χ2v) is 4.54. The molecule has 0 saturated heterocycles. The number of aryl methyl sites for hydroxylation is 1. The third-order valence-electron chi connectivity index (χ3n) is 2.90. The molecule has 3 aromatic heterocycles. The molecule has 0 unspecified atom stereocenters. The van der Waals surface area contributed by atoms with Gasteiger partial charge in [-0.3, -0.25) is 0 Å². The number of nitrogen functional groups attached to an aromatic ring is 1. The van der Waals surface area contributed by atoms with Crippen molar-refractivity contribution in [3.05, 3.63) is 42.0 Å². The van der Waals surface area contributed by atoms with Crippen LogP contribution in [0.5, 0.6) is 0 Å². The standard InChI is InChI=1S/C12H16N8/c1-8-4-16-12(18-8)17-6-9-5-15-10(19-9)7-20-3-2-14-11(20)13/h2-5H,6-7H2,1H3,(H2,13,14)(H,15,19)(H2,16,17,18). The van der Waals surface area contributed by atoms with E-state index in [0.717, 1.165) is 23.2 Å². The first-order valence-electron chi connectivity index (χ1n) is 6.25. The molecule has 3 rings (SSSR count). The van der Waals surface area contributed by atoms with Crippen LogP contribution in [0.2, 0.25) is 0 Å². The van der Waals surface area contributed by atoms with Crippen LogP contribution < -0.4 is 11.1 Å². The molecular formula is C12H16N8. The van der Waals surface area contributed by atoms with Crippen LogP contribution in [-0.4, -0.2) is 29.5 Å². The Hall–Kier alpha value is -2.77. The zero-order valence-corrected chi connectivity index (χ0v) is 11.1. The lowest BCUT2D eigenvalue weighted by molar-refractivity contribution is 0.763. The summed E-state index contributed by atoms with van der Waals surface area (Å²) >= 11 is 0. The molecule has 0 saturated carbocycles. The van der Waals surface area contributed by atoms with E-state index in [9.17, 15) is 0 Å². The number of nitrogens with two attached hydrogens (primary N) is 1. The predicted octanol–water partition coefficient (Wildman–Crippen LogP) is 0.880. The molecule has 0 aliphatic rings. The SMILES string of the molecule is Cc1cnc(NCc2cnc(Cn3ccnc3N)[nH]2)[nH]1. The van der Waals surface area contributed by atoms with E-state index in [0.29, 0.717) is 19.0 Å². The minimum Gasteiger partial charge on any atom is -0.369 e. The van der Waals surface area contributed by atoms with Crippen molar-refractivity contribution in [2.75, 3.05) is 11.1 Å². The van der Waals surface area contributed by atoms with E-state index in [1.807, 2.05) is 17.7 Å². The van der Waals surface area contributed by atoms with Crippen LogP contribution >= 0.6 is 0 Å². The minimum absolute atomic E-state index is 0.479. The van der Waals surface area contributed by atoms with Gasteiger partial charge in [0.05, 0.1) is 25.0 Å². The van der Waals surface area contributed by atoms with Gasteiger partial charge in [-0.25, -0.2) is 15.0 Å². The van der Waals surface area contributed by atoms with E-state index in [1.165, 1.54) is 0 Å². The van der Waals surface area contributed by atoms with Crippen molar-refractivity contribution in [1.29, 1.82) is 0 Å². The molecule has 104 valence electrons. The molecular weight excluding hydrogens is 256 g/mol. The number of hydrogen-bond donors (Lipinski definition) is 4. The highest BCUT2D eigenvalue weighted by Crippen LogP contribution is 2.06. The monoisotopic (exact) mass is 272 g/mol. The maximum Gasteiger partial charge on any atom is 0.200 e. The van der Waals surface area contributed by atoms with Gasteiger partial charge < -0.3 is 25.6 Å². The lowest BCUT2D eigenvalue weighted by Crippen LogP contribution is -2.05. The third kappa shape index (κ3) is 2.63. The Morgan fingerprint density at radius 3 is 2.85 bits per heavy atom. The van der Waals surface area contributed by atoms with Gasteiger partial charge in [-0.15, -0.1) is 0 Å². The summed E-state index contributed by atoms with van der Waals surface area (Å²) in [6.45, 7) is 3.16. The Bertz CT molecular complexity index is 692. The fourth-order valence-electron chi connectivity index (χ4n) is 1.89. The topological polar surface area (TPSA) is 113 Å². The average Bonchev–Trinajstić information content (AvgIpc) is 3.12. The van der Waals surface area contributed by atoms with Crippen LogP contribution in [0.4, 0.5) is 11.9 Å². The summed E-state index contributed by atoms with van der Waals surface area (Å²) in [7, 11) is 0. The smallest absolute Gasteiger partial charge is 0.200 e. The molecule has 0 aliphatic heterocycles. The number of imidazole rings is 3. The lowest BCUT2D eigenvalue weighted by atomic mass is 10.5. The van der Waals surface area contributed by atoms with Gasteiger partial charge in [-0.2, -0.15) is 0 Å². The minimum atomic E-state index is 0.479. The molecule has 0 atom stereocenters. The molecule has 0 bridgehead atoms. The summed E-state index contributed by atoms with van der Waals surface area (Å²) in [5.41, 5.74) is 7.72. The summed E-state index contributed by atoms with van der Waals surface area (Å²) in [6, 6.07) is 0. The molecule has 20 heavy (non-hydrogen) atoms. The van der Waals surface area contributed by atoms with Crippen molar-refractivity contribution >= 4 is 11.9 Å². The molecule has 0 amide bonds. The van der Waals surface area contributed by atoms with Crippen molar-refractivity contribution in [2.45, 2.75) is 20.0 Å². The summed E-state index contributed by atoms with van der Waals surface area (Å²) in [6.07, 6.45) is 7.06. The molecule has 0 radical (unpaired) electrons. The van der Waals surface area contributed by atoms with Gasteiger partial charge in [0.25, 0.3) is 0 Å². The highest BCUT2D eigenvalue weighted by atomic mass is 15.2. The Morgan fingerprint density at radius 2 is 2.15 bits per heavy atom. The van der Waals surface area contributed by atoms with Gasteiger partial charge >= 0.3 is 0 Å². The third-order valence-corrected chi connectivity index (χ3v) is 2.90. The van der Waals surface area contributed by atoms with Crippen LogP contribution in [0.15, 0.2) is 24.8 Å². The van der Waals surface area contributed by atoms with Gasteiger partial charge in [-0.1, -0.05) is 0 Å². The summed E-state index contributed by atoms with van der Waals surface area (Å²) in [4.78, 5) is 18.8. The van der Waals surface area contributed by atoms with Gasteiger partial charge in [0.1, 0.15) is 5.82 Å². The molecule has 0 aliphatic carbocycles. The fraction of sp³-hybridized carbons (Fsp3) is 0.250. The number of aromatic amines is 2. The van der Waals surface area contributed by atoms with Crippen molar-refractivity contribution in [3.8, 4) is 0 Å². The number of nitrogens with zero attached hydrogens (tertiary/aromatic N) is 4. The number of aromatic nitrogens is 6. The number of rotatable bonds is 5. The first-order chi connectivity index (χ1) is 9.70. The molecule has 8 nitrogen and oxygen atoms in total. The maximum atomic E-state index is 5.72. The highest BCUT2D eigenvalue weighted by molar-refractivity contribution is 5.27. The molecule has 0 fully saturated rings. The van der Waals surface area contributed by atoms with Crippen LogP contribution in [0, 0.1) is 6.92 Å². The first kappa shape index (κ1) is 12.3. The molecule has 3 heterocycles. The zero-order chi connectivity index (χ0) is 13.9. The van der Waals surface area contributed by atoms with E-state index >= 15 is 0 Å². The van der Waals surface area contributed by atoms with Crippen molar-refractivity contribution < 1.29 is 0 Å². The zero-order valence-electron chi connectivity index (χ0n) is 11.1. The van der Waals surface area contributed by atoms with E-state index in [-0.39, 0.29) is 0 Å². The van der Waals surface area contributed by atoms with Crippen molar-refractivity contribution in [1.82, 2.24) is 29.5 Å². The summed E-state index contributed by atoms with van der Waals surface area (Å²) < 4.78 is 1.83. The first-order valence-corrected chi connectivity index (χ1v) is 6.25. The maximum absolute atomic E-state index is 5.72. The predicted molar refractivity (Wildman–Crippen MR) is 75.0 cm³/mol. The molecule has 8 heteroatoms. The van der Waals surface area contributed by atoms with E-state index in [1.54, 1.807) is 18.6 Å². The molecule has 0 spiro atoms. The van der Waals surface area contributed by atoms with Crippen LogP contribution in [0.1, 0.15) is 17.2 Å².